The quantitative estimate of drug-likeness (QED) is 0.633. The van der Waals surface area contributed by atoms with E-state index < -0.39 is 21.9 Å². The van der Waals surface area contributed by atoms with E-state index in [4.69, 9.17) is 4.74 Å². The van der Waals surface area contributed by atoms with Crippen LogP contribution in [0, 0.1) is 13.8 Å². The summed E-state index contributed by atoms with van der Waals surface area (Å²) in [4.78, 5) is 26.0. The van der Waals surface area contributed by atoms with Crippen LogP contribution in [0.5, 0.6) is 0 Å². The van der Waals surface area contributed by atoms with Crippen molar-refractivity contribution in [3.63, 3.8) is 0 Å². The molecular formula is C20H26N2O5S2. The molecule has 0 aliphatic carbocycles. The molecule has 0 bridgehead atoms. The summed E-state index contributed by atoms with van der Waals surface area (Å²) in [5, 5.41) is 3.17. The summed E-state index contributed by atoms with van der Waals surface area (Å²) in [7, 11) is -3.59. The molecule has 1 N–H and O–H groups in total. The molecule has 0 radical (unpaired) electrons. The third-order valence-electron chi connectivity index (χ3n) is 4.55. The smallest absolute Gasteiger partial charge is 0.341 e. The Hall–Kier alpha value is -2.23. The molecule has 0 saturated heterocycles. The molecule has 0 aliphatic rings. The number of aryl methyl sites for hydroxylation is 1. The number of anilines is 1. The lowest BCUT2D eigenvalue weighted by Crippen LogP contribution is -2.30. The molecule has 0 unspecified atom stereocenters. The summed E-state index contributed by atoms with van der Waals surface area (Å²) in [6.07, 6.45) is 0. The minimum Gasteiger partial charge on any atom is -0.462 e. The van der Waals surface area contributed by atoms with E-state index in [9.17, 15) is 18.0 Å². The number of nitrogens with one attached hydrogen (secondary N) is 1. The van der Waals surface area contributed by atoms with Crippen molar-refractivity contribution in [2.75, 3.05) is 25.0 Å². The van der Waals surface area contributed by atoms with E-state index in [1.54, 1.807) is 27.7 Å². The van der Waals surface area contributed by atoms with Gasteiger partial charge in [-0.2, -0.15) is 4.31 Å². The fraction of sp³-hybridized carbons (Fsp3) is 0.400. The van der Waals surface area contributed by atoms with E-state index in [-0.39, 0.29) is 11.5 Å². The van der Waals surface area contributed by atoms with Crippen LogP contribution in [0.2, 0.25) is 0 Å². The number of carbonyl (C=O) groups excluding carboxylic acids is 2. The Balaban J connectivity index is 2.27. The van der Waals surface area contributed by atoms with E-state index in [2.05, 4.69) is 5.32 Å². The van der Waals surface area contributed by atoms with Gasteiger partial charge in [0.05, 0.1) is 17.1 Å². The van der Waals surface area contributed by atoms with Gasteiger partial charge in [-0.05, 0) is 50.6 Å². The molecule has 2 aromatic rings. The lowest BCUT2D eigenvalue weighted by Gasteiger charge is -2.18. The van der Waals surface area contributed by atoms with Gasteiger partial charge in [-0.25, -0.2) is 13.2 Å². The number of benzene rings is 1. The number of ether oxygens (including phenoxy) is 1. The Bertz CT molecular complexity index is 991. The van der Waals surface area contributed by atoms with Crippen LogP contribution in [0.3, 0.4) is 0 Å². The molecule has 1 aromatic carbocycles. The summed E-state index contributed by atoms with van der Waals surface area (Å²) in [6.45, 7) is 9.92. The summed E-state index contributed by atoms with van der Waals surface area (Å²) < 4.78 is 31.6. The molecule has 9 heteroatoms. The lowest BCUT2D eigenvalue weighted by atomic mass is 10.1. The molecule has 0 aliphatic heterocycles. The molecule has 0 fully saturated rings. The van der Waals surface area contributed by atoms with E-state index in [0.717, 1.165) is 10.4 Å². The Morgan fingerprint density at radius 1 is 1.07 bits per heavy atom. The van der Waals surface area contributed by atoms with Gasteiger partial charge in [0.25, 0.3) is 5.91 Å². The topological polar surface area (TPSA) is 92.8 Å². The predicted octanol–water partition coefficient (Wildman–Crippen LogP) is 3.82. The molecule has 0 spiro atoms. The lowest BCUT2D eigenvalue weighted by molar-refractivity contribution is 0.0527. The van der Waals surface area contributed by atoms with Gasteiger partial charge in [0.15, 0.2) is 0 Å². The third kappa shape index (κ3) is 4.85. The van der Waals surface area contributed by atoms with E-state index >= 15 is 0 Å². The average molecular weight is 439 g/mol. The molecule has 158 valence electrons. The summed E-state index contributed by atoms with van der Waals surface area (Å²) >= 11 is 1.30. The number of carbonyl (C=O) groups is 2. The van der Waals surface area contributed by atoms with Crippen molar-refractivity contribution in [1.82, 2.24) is 4.31 Å². The van der Waals surface area contributed by atoms with Crippen molar-refractivity contribution >= 4 is 38.2 Å². The van der Waals surface area contributed by atoms with Crippen LogP contribution in [-0.2, 0) is 14.8 Å². The minimum absolute atomic E-state index is 0.132. The minimum atomic E-state index is -3.59. The Morgan fingerprint density at radius 3 is 2.17 bits per heavy atom. The van der Waals surface area contributed by atoms with Gasteiger partial charge in [-0.15, -0.1) is 11.3 Å². The van der Waals surface area contributed by atoms with Gasteiger partial charge in [-0.1, -0.05) is 13.8 Å². The molecule has 0 atom stereocenters. The second kappa shape index (κ2) is 9.51. The molecule has 1 amide bonds. The molecule has 29 heavy (non-hydrogen) atoms. The number of esters is 1. The van der Waals surface area contributed by atoms with Crippen LogP contribution in [0.1, 0.15) is 51.9 Å². The molecule has 2 rings (SSSR count). The SMILES string of the molecule is CCOC(=O)c1c(NC(=O)c2ccc(S(=O)(=O)N(CC)CC)cc2)sc(C)c1C. The second-order valence-electron chi connectivity index (χ2n) is 6.28. The summed E-state index contributed by atoms with van der Waals surface area (Å²) in [6, 6.07) is 5.76. The third-order valence-corrected chi connectivity index (χ3v) is 7.74. The zero-order valence-electron chi connectivity index (χ0n) is 17.2. The first kappa shape index (κ1) is 23.1. The summed E-state index contributed by atoms with van der Waals surface area (Å²) in [5.74, 6) is -0.908. The predicted molar refractivity (Wildman–Crippen MR) is 114 cm³/mol. The van der Waals surface area contributed by atoms with Gasteiger partial charge in [0, 0.05) is 23.5 Å². The number of sulfonamides is 1. The highest BCUT2D eigenvalue weighted by Crippen LogP contribution is 2.33. The van der Waals surface area contributed by atoms with Crippen molar-refractivity contribution in [2.24, 2.45) is 0 Å². The first-order valence-corrected chi connectivity index (χ1v) is 11.6. The molecule has 1 heterocycles. The maximum absolute atomic E-state index is 12.7. The number of nitrogens with zero attached hydrogens (tertiary/aromatic N) is 1. The van der Waals surface area contributed by atoms with Crippen LogP contribution in [0.25, 0.3) is 0 Å². The fourth-order valence-corrected chi connectivity index (χ4v) is 5.33. The van der Waals surface area contributed by atoms with Gasteiger partial charge in [-0.3, -0.25) is 4.79 Å². The van der Waals surface area contributed by atoms with Gasteiger partial charge in [0.2, 0.25) is 10.0 Å². The Morgan fingerprint density at radius 2 is 1.66 bits per heavy atom. The van der Waals surface area contributed by atoms with Crippen molar-refractivity contribution in [1.29, 1.82) is 0 Å². The zero-order chi connectivity index (χ0) is 21.8. The fourth-order valence-electron chi connectivity index (χ4n) is 2.83. The molecule has 1 aromatic heterocycles. The van der Waals surface area contributed by atoms with Gasteiger partial charge < -0.3 is 10.1 Å². The van der Waals surface area contributed by atoms with Crippen molar-refractivity contribution in [3.05, 3.63) is 45.8 Å². The Kier molecular flexibility index (Phi) is 7.56. The number of thiophene rings is 1. The van der Waals surface area contributed by atoms with E-state index in [0.29, 0.717) is 29.2 Å². The van der Waals surface area contributed by atoms with Crippen LogP contribution in [0.15, 0.2) is 29.2 Å². The van der Waals surface area contributed by atoms with Crippen molar-refractivity contribution in [2.45, 2.75) is 39.5 Å². The highest BCUT2D eigenvalue weighted by Gasteiger charge is 2.24. The van der Waals surface area contributed by atoms with Crippen LogP contribution < -0.4 is 5.32 Å². The monoisotopic (exact) mass is 438 g/mol. The van der Waals surface area contributed by atoms with E-state index in [1.807, 2.05) is 6.92 Å². The normalized spacial score (nSPS) is 11.5. The molecular weight excluding hydrogens is 412 g/mol. The van der Waals surface area contributed by atoms with Crippen LogP contribution in [-0.4, -0.2) is 44.3 Å². The maximum Gasteiger partial charge on any atom is 0.341 e. The highest BCUT2D eigenvalue weighted by atomic mass is 32.2. The maximum atomic E-state index is 12.7. The largest absolute Gasteiger partial charge is 0.462 e. The standard InChI is InChI=1S/C20H26N2O5S2/c1-6-22(7-2)29(25,26)16-11-9-15(10-12-16)18(23)21-19-17(20(24)27-8-3)13(4)14(5)28-19/h9-12H,6-8H2,1-5H3,(H,21,23). The van der Waals surface area contributed by atoms with Crippen molar-refractivity contribution in [3.8, 4) is 0 Å². The number of hydrogen-bond donors (Lipinski definition) is 1. The van der Waals surface area contributed by atoms with Crippen LogP contribution in [0.4, 0.5) is 5.00 Å². The first-order chi connectivity index (χ1) is 13.7. The van der Waals surface area contributed by atoms with Crippen LogP contribution >= 0.6 is 11.3 Å². The Labute approximate surface area is 175 Å². The number of rotatable bonds is 8. The molecule has 7 nitrogen and oxygen atoms in total. The summed E-state index contributed by atoms with van der Waals surface area (Å²) in [5.41, 5.74) is 1.41. The number of amides is 1. The van der Waals surface area contributed by atoms with Gasteiger partial charge >= 0.3 is 5.97 Å². The van der Waals surface area contributed by atoms with E-state index in [1.165, 1.54) is 39.9 Å². The van der Waals surface area contributed by atoms with Crippen molar-refractivity contribution < 1.29 is 22.7 Å². The highest BCUT2D eigenvalue weighted by molar-refractivity contribution is 7.89. The van der Waals surface area contributed by atoms with Gasteiger partial charge in [0.1, 0.15) is 5.00 Å². The average Bonchev–Trinajstić information content (AvgIpc) is 2.96. The zero-order valence-corrected chi connectivity index (χ0v) is 18.9. The number of hydrogen-bond acceptors (Lipinski definition) is 6. The molecule has 0 saturated carbocycles. The second-order valence-corrected chi connectivity index (χ2v) is 9.44. The first-order valence-electron chi connectivity index (χ1n) is 9.35.